The van der Waals surface area contributed by atoms with E-state index in [0.717, 1.165) is 5.76 Å². The molecule has 0 saturated carbocycles. The average Bonchev–Trinajstić information content (AvgIpc) is 2.62. The molecule has 1 N–H and O–H groups in total. The van der Waals surface area contributed by atoms with E-state index in [0.29, 0.717) is 21.4 Å². The van der Waals surface area contributed by atoms with Gasteiger partial charge in [0.15, 0.2) is 0 Å². The molecule has 0 amide bonds. The van der Waals surface area contributed by atoms with Crippen molar-refractivity contribution in [1.82, 2.24) is 0 Å². The Morgan fingerprint density at radius 3 is 2.25 bits per heavy atom. The summed E-state index contributed by atoms with van der Waals surface area (Å²) in [4.78, 5) is 0. The summed E-state index contributed by atoms with van der Waals surface area (Å²) in [5.41, 5.74) is 0.617. The van der Waals surface area contributed by atoms with Gasteiger partial charge in [-0.3, -0.25) is 0 Å². The molecule has 4 heteroatoms. The normalized spacial score (nSPS) is 12.8. The van der Waals surface area contributed by atoms with E-state index in [4.69, 9.17) is 27.6 Å². The molecular formula is C12H10Cl2O2. The van der Waals surface area contributed by atoms with E-state index in [-0.39, 0.29) is 0 Å². The van der Waals surface area contributed by atoms with Gasteiger partial charge in [0.05, 0.1) is 0 Å². The van der Waals surface area contributed by atoms with Crippen LogP contribution < -0.4 is 0 Å². The number of halogens is 2. The molecule has 84 valence electrons. The second-order valence-electron chi connectivity index (χ2n) is 3.55. The summed E-state index contributed by atoms with van der Waals surface area (Å²) in [6, 6.07) is 8.47. The van der Waals surface area contributed by atoms with Crippen LogP contribution in [0.2, 0.25) is 10.0 Å². The Kier molecular flexibility index (Phi) is 3.24. The second kappa shape index (κ2) is 4.50. The Labute approximate surface area is 103 Å². The van der Waals surface area contributed by atoms with Crippen LogP contribution in [0.3, 0.4) is 0 Å². The molecule has 0 fully saturated rings. The van der Waals surface area contributed by atoms with Gasteiger partial charge in [-0.2, -0.15) is 0 Å². The van der Waals surface area contributed by atoms with Gasteiger partial charge in [0.1, 0.15) is 17.6 Å². The number of aliphatic hydroxyl groups is 1. The highest BCUT2D eigenvalue weighted by molar-refractivity contribution is 6.34. The van der Waals surface area contributed by atoms with Crippen LogP contribution in [0, 0.1) is 6.92 Å². The lowest BCUT2D eigenvalue weighted by Gasteiger charge is -2.09. The number of rotatable bonds is 2. The first-order valence-corrected chi connectivity index (χ1v) is 5.52. The first-order chi connectivity index (χ1) is 7.56. The molecule has 1 atom stereocenters. The van der Waals surface area contributed by atoms with Crippen molar-refractivity contribution in [2.24, 2.45) is 0 Å². The molecule has 1 aromatic heterocycles. The summed E-state index contributed by atoms with van der Waals surface area (Å²) >= 11 is 11.7. The van der Waals surface area contributed by atoms with Gasteiger partial charge >= 0.3 is 0 Å². The maximum Gasteiger partial charge on any atom is 0.137 e. The number of aryl methyl sites for hydroxylation is 1. The maximum absolute atomic E-state index is 10.0. The topological polar surface area (TPSA) is 33.4 Å². The van der Waals surface area contributed by atoms with Crippen LogP contribution in [-0.2, 0) is 0 Å². The molecule has 1 aromatic carbocycles. The van der Waals surface area contributed by atoms with Gasteiger partial charge in [0, 0.05) is 10.0 Å². The lowest BCUT2D eigenvalue weighted by molar-refractivity contribution is 0.187. The zero-order valence-corrected chi connectivity index (χ0v) is 10.1. The van der Waals surface area contributed by atoms with Gasteiger partial charge in [-0.25, -0.2) is 0 Å². The largest absolute Gasteiger partial charge is 0.463 e. The molecule has 0 unspecified atom stereocenters. The Morgan fingerprint density at radius 2 is 1.75 bits per heavy atom. The first kappa shape index (κ1) is 11.5. The Balaban J connectivity index is 2.37. The quantitative estimate of drug-likeness (QED) is 0.882. The molecule has 2 rings (SSSR count). The molecule has 0 radical (unpaired) electrons. The Bertz CT molecular complexity index is 485. The molecule has 2 nitrogen and oxygen atoms in total. The summed E-state index contributed by atoms with van der Waals surface area (Å²) in [6.45, 7) is 1.82. The maximum atomic E-state index is 10.0. The highest BCUT2D eigenvalue weighted by Crippen LogP contribution is 2.28. The van der Waals surface area contributed by atoms with Crippen LogP contribution in [0.1, 0.15) is 23.2 Å². The summed E-state index contributed by atoms with van der Waals surface area (Å²) in [6.07, 6.45) is -0.843. The fraction of sp³-hybridized carbons (Fsp3) is 0.167. The fourth-order valence-electron chi connectivity index (χ4n) is 1.50. The van der Waals surface area contributed by atoms with Crippen molar-refractivity contribution in [3.63, 3.8) is 0 Å². The third-order valence-corrected chi connectivity index (χ3v) is 2.67. The van der Waals surface area contributed by atoms with Crippen LogP contribution in [0.4, 0.5) is 0 Å². The van der Waals surface area contributed by atoms with E-state index in [1.54, 1.807) is 30.3 Å². The molecule has 1 heterocycles. The zero-order valence-electron chi connectivity index (χ0n) is 8.58. The van der Waals surface area contributed by atoms with Gasteiger partial charge in [-0.05, 0) is 42.8 Å². The smallest absolute Gasteiger partial charge is 0.137 e. The standard InChI is InChI=1S/C12H10Cl2O2/c1-7-2-3-11(16-7)12(15)8-4-9(13)6-10(14)5-8/h2-6,12,15H,1H3/t12-/m1/s1. The summed E-state index contributed by atoms with van der Waals surface area (Å²) in [5.74, 6) is 1.23. The lowest BCUT2D eigenvalue weighted by atomic mass is 10.1. The highest BCUT2D eigenvalue weighted by atomic mass is 35.5. The van der Waals surface area contributed by atoms with E-state index in [9.17, 15) is 5.11 Å². The van der Waals surface area contributed by atoms with E-state index in [1.165, 1.54) is 0 Å². The summed E-state index contributed by atoms with van der Waals surface area (Å²) in [5, 5.41) is 11.0. The first-order valence-electron chi connectivity index (χ1n) is 4.76. The van der Waals surface area contributed by atoms with E-state index in [2.05, 4.69) is 0 Å². The van der Waals surface area contributed by atoms with Gasteiger partial charge in [0.2, 0.25) is 0 Å². The minimum atomic E-state index is -0.843. The summed E-state index contributed by atoms with van der Waals surface area (Å²) < 4.78 is 5.34. The Morgan fingerprint density at radius 1 is 1.12 bits per heavy atom. The SMILES string of the molecule is Cc1ccc([C@H](O)c2cc(Cl)cc(Cl)c2)o1. The molecule has 2 aromatic rings. The number of furan rings is 1. The monoisotopic (exact) mass is 256 g/mol. The second-order valence-corrected chi connectivity index (χ2v) is 4.43. The zero-order chi connectivity index (χ0) is 11.7. The minimum absolute atomic E-state index is 0.482. The molecule has 0 spiro atoms. The van der Waals surface area contributed by atoms with Crippen molar-refractivity contribution in [1.29, 1.82) is 0 Å². The number of benzene rings is 1. The number of hydrogen-bond acceptors (Lipinski definition) is 2. The third-order valence-electron chi connectivity index (χ3n) is 2.23. The molecule has 0 aliphatic rings. The van der Waals surface area contributed by atoms with Crippen molar-refractivity contribution in [3.8, 4) is 0 Å². The average molecular weight is 257 g/mol. The van der Waals surface area contributed by atoms with Crippen molar-refractivity contribution in [3.05, 3.63) is 57.5 Å². The van der Waals surface area contributed by atoms with Gasteiger partial charge in [-0.15, -0.1) is 0 Å². The predicted molar refractivity (Wildman–Crippen MR) is 64.0 cm³/mol. The Hall–Kier alpha value is -0.960. The number of aliphatic hydroxyl groups excluding tert-OH is 1. The molecular weight excluding hydrogens is 247 g/mol. The van der Waals surface area contributed by atoms with Crippen LogP contribution in [0.5, 0.6) is 0 Å². The third kappa shape index (κ3) is 2.40. The molecule has 16 heavy (non-hydrogen) atoms. The molecule has 0 saturated heterocycles. The van der Waals surface area contributed by atoms with E-state index in [1.807, 2.05) is 6.92 Å². The lowest BCUT2D eigenvalue weighted by Crippen LogP contribution is -1.97. The van der Waals surface area contributed by atoms with Crippen molar-refractivity contribution in [2.45, 2.75) is 13.0 Å². The van der Waals surface area contributed by atoms with E-state index >= 15 is 0 Å². The number of hydrogen-bond donors (Lipinski definition) is 1. The van der Waals surface area contributed by atoms with Crippen molar-refractivity contribution >= 4 is 23.2 Å². The van der Waals surface area contributed by atoms with Crippen LogP contribution in [0.25, 0.3) is 0 Å². The van der Waals surface area contributed by atoms with Gasteiger partial charge < -0.3 is 9.52 Å². The van der Waals surface area contributed by atoms with Crippen molar-refractivity contribution in [2.75, 3.05) is 0 Å². The van der Waals surface area contributed by atoms with Crippen LogP contribution in [0.15, 0.2) is 34.7 Å². The van der Waals surface area contributed by atoms with Crippen LogP contribution in [-0.4, -0.2) is 5.11 Å². The molecule has 0 aliphatic carbocycles. The highest BCUT2D eigenvalue weighted by Gasteiger charge is 2.15. The minimum Gasteiger partial charge on any atom is -0.463 e. The van der Waals surface area contributed by atoms with E-state index < -0.39 is 6.10 Å². The fourth-order valence-corrected chi connectivity index (χ4v) is 2.04. The molecule has 0 bridgehead atoms. The van der Waals surface area contributed by atoms with Crippen molar-refractivity contribution < 1.29 is 9.52 Å². The molecule has 0 aliphatic heterocycles. The van der Waals surface area contributed by atoms with Crippen LogP contribution >= 0.6 is 23.2 Å². The predicted octanol–water partition coefficient (Wildman–Crippen LogP) is 3.98. The van der Waals surface area contributed by atoms with Gasteiger partial charge in [0.25, 0.3) is 0 Å². The summed E-state index contributed by atoms with van der Waals surface area (Å²) in [7, 11) is 0. The van der Waals surface area contributed by atoms with Gasteiger partial charge in [-0.1, -0.05) is 23.2 Å².